The molecule has 0 aromatic heterocycles. The number of fused-ring (bicyclic) bond motifs is 2. The van der Waals surface area contributed by atoms with Gasteiger partial charge in [-0.15, -0.1) is 0 Å². The number of ether oxygens (including phenoxy) is 4. The molecular weight excluding hydrogens is 364 g/mol. The van der Waals surface area contributed by atoms with E-state index in [0.29, 0.717) is 23.0 Å². The van der Waals surface area contributed by atoms with Crippen LogP contribution < -0.4 is 18.9 Å². The third kappa shape index (κ3) is 2.87. The minimum Gasteiger partial charge on any atom is -0.493 e. The van der Waals surface area contributed by atoms with Gasteiger partial charge < -0.3 is 34.3 Å². The van der Waals surface area contributed by atoms with Crippen LogP contribution in [0.15, 0.2) is 30.3 Å². The molecule has 1 heterocycles. The summed E-state index contributed by atoms with van der Waals surface area (Å²) < 4.78 is 21.8. The second-order valence-electron chi connectivity index (χ2n) is 7.22. The summed E-state index contributed by atoms with van der Waals surface area (Å²) in [5.74, 6) is 1.41. The number of hydrogen-bond acceptors (Lipinski definition) is 7. The van der Waals surface area contributed by atoms with E-state index in [9.17, 15) is 15.3 Å². The van der Waals surface area contributed by atoms with Gasteiger partial charge in [-0.05, 0) is 41.0 Å². The Bertz CT molecular complexity index is 881. The van der Waals surface area contributed by atoms with E-state index in [4.69, 9.17) is 18.9 Å². The number of aliphatic hydroxyl groups excluding tert-OH is 2. The van der Waals surface area contributed by atoms with Gasteiger partial charge in [-0.3, -0.25) is 0 Å². The molecule has 7 nitrogen and oxygen atoms in total. The summed E-state index contributed by atoms with van der Waals surface area (Å²) in [6, 6.07) is 9.26. The Hall–Kier alpha value is -2.48. The largest absolute Gasteiger partial charge is 0.493 e. The van der Waals surface area contributed by atoms with Crippen LogP contribution in [-0.2, 0) is 6.42 Å². The van der Waals surface area contributed by atoms with Crippen molar-refractivity contribution < 1.29 is 34.3 Å². The van der Waals surface area contributed by atoms with E-state index in [-0.39, 0.29) is 25.7 Å². The van der Waals surface area contributed by atoms with E-state index in [1.165, 1.54) is 0 Å². The number of benzene rings is 2. The Labute approximate surface area is 163 Å². The first-order chi connectivity index (χ1) is 13.5. The van der Waals surface area contributed by atoms with Gasteiger partial charge >= 0.3 is 0 Å². The predicted octanol–water partition coefficient (Wildman–Crippen LogP) is 1.45. The van der Waals surface area contributed by atoms with Crippen LogP contribution >= 0.6 is 0 Å². The second-order valence-corrected chi connectivity index (χ2v) is 7.22. The fraction of sp³-hybridized carbons (Fsp3) is 0.429. The van der Waals surface area contributed by atoms with Crippen LogP contribution in [0.4, 0.5) is 0 Å². The van der Waals surface area contributed by atoms with Crippen LogP contribution in [0.25, 0.3) is 0 Å². The van der Waals surface area contributed by atoms with E-state index in [1.807, 2.05) is 24.3 Å². The lowest BCUT2D eigenvalue weighted by molar-refractivity contribution is -0.0874. The van der Waals surface area contributed by atoms with Gasteiger partial charge in [0.25, 0.3) is 0 Å². The highest BCUT2D eigenvalue weighted by Crippen LogP contribution is 2.50. The molecule has 1 aliphatic heterocycles. The summed E-state index contributed by atoms with van der Waals surface area (Å²) >= 11 is 0. The molecule has 0 saturated carbocycles. The molecule has 7 heteroatoms. The Morgan fingerprint density at radius 1 is 1.04 bits per heavy atom. The van der Waals surface area contributed by atoms with E-state index in [1.54, 1.807) is 20.3 Å². The highest BCUT2D eigenvalue weighted by Gasteiger charge is 2.47. The highest BCUT2D eigenvalue weighted by atomic mass is 16.7. The van der Waals surface area contributed by atoms with Crippen LogP contribution in [0.2, 0.25) is 0 Å². The second kappa shape index (κ2) is 7.16. The van der Waals surface area contributed by atoms with E-state index >= 15 is 0 Å². The summed E-state index contributed by atoms with van der Waals surface area (Å²) in [7, 11) is 3.12. The van der Waals surface area contributed by atoms with E-state index < -0.39 is 18.1 Å². The SMILES string of the molecule is COc1ccc([C@H]2c3cc4c(cc3C[C@@](O)(CO)[C@@H]2CO)OCO4)cc1OC. The lowest BCUT2D eigenvalue weighted by atomic mass is 9.64. The average Bonchev–Trinajstić information content (AvgIpc) is 3.18. The van der Waals surface area contributed by atoms with Gasteiger partial charge in [-0.25, -0.2) is 0 Å². The third-order valence-electron chi connectivity index (χ3n) is 5.80. The first-order valence-corrected chi connectivity index (χ1v) is 9.13. The smallest absolute Gasteiger partial charge is 0.231 e. The summed E-state index contributed by atoms with van der Waals surface area (Å²) in [6.45, 7) is -0.604. The van der Waals surface area contributed by atoms with Crippen molar-refractivity contribution in [3.8, 4) is 23.0 Å². The van der Waals surface area contributed by atoms with Gasteiger partial charge in [0.05, 0.1) is 26.4 Å². The minimum atomic E-state index is -1.47. The fourth-order valence-electron chi connectivity index (χ4n) is 4.34. The van der Waals surface area contributed by atoms with E-state index in [2.05, 4.69) is 0 Å². The van der Waals surface area contributed by atoms with Crippen molar-refractivity contribution in [2.75, 3.05) is 34.2 Å². The van der Waals surface area contributed by atoms with E-state index in [0.717, 1.165) is 16.7 Å². The van der Waals surface area contributed by atoms with Crippen molar-refractivity contribution in [1.82, 2.24) is 0 Å². The quantitative estimate of drug-likeness (QED) is 0.713. The maximum absolute atomic E-state index is 11.2. The molecule has 28 heavy (non-hydrogen) atoms. The normalized spacial score (nSPS) is 25.3. The first-order valence-electron chi connectivity index (χ1n) is 9.13. The summed E-state index contributed by atoms with van der Waals surface area (Å²) in [5, 5.41) is 31.3. The van der Waals surface area contributed by atoms with Gasteiger partial charge in [0.1, 0.15) is 0 Å². The minimum absolute atomic E-state index is 0.146. The van der Waals surface area contributed by atoms with Gasteiger partial charge in [-0.2, -0.15) is 0 Å². The zero-order chi connectivity index (χ0) is 19.9. The van der Waals surface area contributed by atoms with Crippen molar-refractivity contribution in [3.05, 3.63) is 47.0 Å². The zero-order valence-electron chi connectivity index (χ0n) is 15.8. The van der Waals surface area contributed by atoms with Gasteiger partial charge in [-0.1, -0.05) is 6.07 Å². The zero-order valence-corrected chi connectivity index (χ0v) is 15.8. The van der Waals surface area contributed by atoms with Crippen molar-refractivity contribution in [2.45, 2.75) is 17.9 Å². The molecule has 4 rings (SSSR count). The molecule has 0 radical (unpaired) electrons. The van der Waals surface area contributed by atoms with Crippen molar-refractivity contribution in [2.24, 2.45) is 5.92 Å². The molecule has 0 amide bonds. The number of hydrogen-bond donors (Lipinski definition) is 3. The number of rotatable bonds is 5. The maximum atomic E-state index is 11.2. The molecular formula is C21H24O7. The van der Waals surface area contributed by atoms with Crippen LogP contribution in [-0.4, -0.2) is 55.1 Å². The predicted molar refractivity (Wildman–Crippen MR) is 100 cm³/mol. The van der Waals surface area contributed by atoms with Crippen molar-refractivity contribution in [3.63, 3.8) is 0 Å². The van der Waals surface area contributed by atoms with Crippen LogP contribution in [0.1, 0.15) is 22.6 Å². The van der Waals surface area contributed by atoms with Crippen LogP contribution in [0.3, 0.4) is 0 Å². The first kappa shape index (κ1) is 18.9. The molecule has 150 valence electrons. The molecule has 0 saturated heterocycles. The lowest BCUT2D eigenvalue weighted by Gasteiger charge is -2.44. The van der Waals surface area contributed by atoms with Gasteiger partial charge in [0.2, 0.25) is 6.79 Å². The average molecular weight is 388 g/mol. The monoisotopic (exact) mass is 388 g/mol. The Kier molecular flexibility index (Phi) is 4.82. The molecule has 0 unspecified atom stereocenters. The third-order valence-corrected chi connectivity index (χ3v) is 5.80. The maximum Gasteiger partial charge on any atom is 0.231 e. The topological polar surface area (TPSA) is 97.6 Å². The molecule has 0 bridgehead atoms. The Balaban J connectivity index is 1.91. The summed E-state index contributed by atoms with van der Waals surface area (Å²) in [4.78, 5) is 0. The van der Waals surface area contributed by atoms with Gasteiger partial charge in [0, 0.05) is 24.9 Å². The Morgan fingerprint density at radius 2 is 1.75 bits per heavy atom. The molecule has 2 aromatic carbocycles. The number of methoxy groups -OCH3 is 2. The van der Waals surface area contributed by atoms with Crippen molar-refractivity contribution in [1.29, 1.82) is 0 Å². The van der Waals surface area contributed by atoms with Crippen LogP contribution in [0.5, 0.6) is 23.0 Å². The molecule has 0 spiro atoms. The number of aliphatic hydroxyl groups is 3. The molecule has 2 aromatic rings. The molecule has 0 fully saturated rings. The molecule has 2 aliphatic rings. The highest BCUT2D eigenvalue weighted by molar-refractivity contribution is 5.55. The van der Waals surface area contributed by atoms with Crippen LogP contribution in [0, 0.1) is 5.92 Å². The Morgan fingerprint density at radius 3 is 2.39 bits per heavy atom. The molecule has 3 atom stereocenters. The molecule has 1 aliphatic carbocycles. The summed E-state index contributed by atoms with van der Waals surface area (Å²) in [6.07, 6.45) is 0.213. The van der Waals surface area contributed by atoms with Gasteiger partial charge in [0.15, 0.2) is 23.0 Å². The van der Waals surface area contributed by atoms with Crippen molar-refractivity contribution >= 4 is 0 Å². The fourth-order valence-corrected chi connectivity index (χ4v) is 4.34. The summed E-state index contributed by atoms with van der Waals surface area (Å²) in [5.41, 5.74) is 1.15. The lowest BCUT2D eigenvalue weighted by Crippen LogP contribution is -2.51. The molecule has 3 N–H and O–H groups in total. The standard InChI is InChI=1S/C21H24O7/c1-25-16-4-3-12(5-17(16)26-2)20-14-7-19-18(27-11-28-19)6-13(14)8-21(24,10-23)15(20)9-22/h3-7,15,20,22-24H,8-11H2,1-2H3/t15-,20+,21-/m1/s1.